The lowest BCUT2D eigenvalue weighted by atomic mass is 9.98. The van der Waals surface area contributed by atoms with E-state index in [9.17, 15) is 18.3 Å². The Morgan fingerprint density at radius 1 is 1.04 bits per heavy atom. The molecular formula is C39H47N3O10S. The molecule has 2 N–H and O–H groups in total. The number of ether oxygens (including phenoxy) is 4. The van der Waals surface area contributed by atoms with Crippen LogP contribution in [-0.4, -0.2) is 86.4 Å². The molecule has 2 aromatic heterocycles. The number of aliphatic hydroxyl groups excluding tert-OH is 1. The van der Waals surface area contributed by atoms with Gasteiger partial charge in [0.2, 0.25) is 10.0 Å². The Labute approximate surface area is 309 Å². The van der Waals surface area contributed by atoms with Crippen molar-refractivity contribution in [2.24, 2.45) is 17.8 Å². The highest BCUT2D eigenvalue weighted by molar-refractivity contribution is 7.89. The molecule has 4 aliphatic rings. The maximum atomic E-state index is 14.8. The van der Waals surface area contributed by atoms with Crippen molar-refractivity contribution >= 4 is 27.1 Å². The van der Waals surface area contributed by atoms with Crippen LogP contribution in [0.2, 0.25) is 0 Å². The third kappa shape index (κ3) is 7.76. The molecule has 8 rings (SSSR count). The fourth-order valence-corrected chi connectivity index (χ4v) is 10.1. The summed E-state index contributed by atoms with van der Waals surface area (Å²) in [4.78, 5) is 17.9. The molecule has 14 heteroatoms. The number of sulfonamides is 1. The van der Waals surface area contributed by atoms with Gasteiger partial charge in [-0.25, -0.2) is 18.2 Å². The number of aromatic nitrogens is 1. The van der Waals surface area contributed by atoms with E-state index in [0.29, 0.717) is 60.2 Å². The van der Waals surface area contributed by atoms with Crippen LogP contribution in [0, 0.1) is 24.7 Å². The lowest BCUT2D eigenvalue weighted by Gasteiger charge is -2.31. The number of hydrogen-bond acceptors (Lipinski definition) is 11. The molecule has 5 heterocycles. The summed E-state index contributed by atoms with van der Waals surface area (Å²) in [5, 5.41) is 15.4. The molecule has 3 aliphatic heterocycles. The molecule has 2 aromatic carbocycles. The van der Waals surface area contributed by atoms with Gasteiger partial charge in [0.15, 0.2) is 12.1 Å². The molecule has 2 unspecified atom stereocenters. The summed E-state index contributed by atoms with van der Waals surface area (Å²) in [7, 11) is -4.19. The minimum atomic E-state index is -4.19. The fraction of sp³-hybridized carbons (Fsp3) is 0.538. The van der Waals surface area contributed by atoms with Gasteiger partial charge in [-0.15, -0.1) is 0 Å². The van der Waals surface area contributed by atoms with Crippen LogP contribution >= 0.6 is 0 Å². The third-order valence-electron chi connectivity index (χ3n) is 11.1. The molecular weight excluding hydrogens is 703 g/mol. The quantitative estimate of drug-likeness (QED) is 0.232. The summed E-state index contributed by atoms with van der Waals surface area (Å²) in [5.74, 6) is 1.66. The number of aliphatic hydroxyl groups is 1. The second-order valence-electron chi connectivity index (χ2n) is 14.8. The van der Waals surface area contributed by atoms with Crippen LogP contribution in [0.3, 0.4) is 0 Å². The number of oxazole rings is 1. The van der Waals surface area contributed by atoms with Crippen molar-refractivity contribution in [1.29, 1.82) is 0 Å². The topological polar surface area (TPSA) is 163 Å². The number of carbonyl (C=O) groups is 1. The number of furan rings is 1. The number of fused-ring (bicyclic) bond motifs is 3. The first-order valence-corrected chi connectivity index (χ1v) is 20.2. The van der Waals surface area contributed by atoms with Crippen LogP contribution in [0.1, 0.15) is 55.4 Å². The van der Waals surface area contributed by atoms with E-state index in [-0.39, 0.29) is 61.2 Å². The number of amides is 1. The molecule has 53 heavy (non-hydrogen) atoms. The zero-order chi connectivity index (χ0) is 36.5. The van der Waals surface area contributed by atoms with Gasteiger partial charge in [0.25, 0.3) is 5.89 Å². The molecule has 284 valence electrons. The monoisotopic (exact) mass is 749 g/mol. The highest BCUT2D eigenvalue weighted by Gasteiger charge is 2.56. The van der Waals surface area contributed by atoms with Gasteiger partial charge < -0.3 is 38.2 Å². The van der Waals surface area contributed by atoms with Crippen LogP contribution < -0.4 is 5.32 Å². The van der Waals surface area contributed by atoms with Gasteiger partial charge in [-0.05, 0) is 56.4 Å². The Morgan fingerprint density at radius 3 is 2.68 bits per heavy atom. The van der Waals surface area contributed by atoms with Gasteiger partial charge in [-0.3, -0.25) is 0 Å². The number of benzene rings is 2. The summed E-state index contributed by atoms with van der Waals surface area (Å²) in [6.45, 7) is 3.26. The third-order valence-corrected chi connectivity index (χ3v) is 13.0. The molecule has 0 spiro atoms. The van der Waals surface area contributed by atoms with E-state index < -0.39 is 28.3 Å². The predicted molar refractivity (Wildman–Crippen MR) is 192 cm³/mol. The number of alkyl carbamates (subject to hydrolysis) is 1. The Bertz CT molecular complexity index is 2000. The smallest absolute Gasteiger partial charge is 0.407 e. The molecule has 1 saturated carbocycles. The second kappa shape index (κ2) is 15.5. The number of β-amino-alcohol motifs (C(OH)–C–C–N with tert-alkyl or cyclic N) is 1. The summed E-state index contributed by atoms with van der Waals surface area (Å²) >= 11 is 0. The van der Waals surface area contributed by atoms with Gasteiger partial charge in [-0.2, -0.15) is 4.31 Å². The molecule has 3 fully saturated rings. The van der Waals surface area contributed by atoms with Gasteiger partial charge in [-0.1, -0.05) is 49.6 Å². The van der Waals surface area contributed by atoms with Crippen molar-refractivity contribution in [2.45, 2.75) is 87.9 Å². The molecule has 2 bridgehead atoms. The summed E-state index contributed by atoms with van der Waals surface area (Å²) in [6.07, 6.45) is 4.43. The number of hydrogen-bond donors (Lipinski definition) is 2. The fourth-order valence-electron chi connectivity index (χ4n) is 8.33. The molecule has 4 aromatic rings. The Balaban J connectivity index is 1.07. The molecule has 13 nitrogen and oxygen atoms in total. The van der Waals surface area contributed by atoms with Gasteiger partial charge in [0.05, 0.1) is 43.1 Å². The molecule has 7 atom stereocenters. The van der Waals surface area contributed by atoms with E-state index in [4.69, 9.17) is 27.8 Å². The van der Waals surface area contributed by atoms with E-state index in [1.165, 1.54) is 4.31 Å². The van der Waals surface area contributed by atoms with Crippen molar-refractivity contribution in [1.82, 2.24) is 14.6 Å². The number of nitrogens with zero attached hydrogens (tertiary/aromatic N) is 2. The van der Waals surface area contributed by atoms with Crippen LogP contribution in [0.5, 0.6) is 0 Å². The first-order chi connectivity index (χ1) is 25.7. The maximum Gasteiger partial charge on any atom is 0.407 e. The van der Waals surface area contributed by atoms with Crippen molar-refractivity contribution in [2.75, 3.05) is 32.9 Å². The molecule has 1 amide bonds. The van der Waals surface area contributed by atoms with E-state index >= 15 is 0 Å². The van der Waals surface area contributed by atoms with E-state index in [2.05, 4.69) is 10.3 Å². The van der Waals surface area contributed by atoms with Crippen LogP contribution in [0.4, 0.5) is 4.79 Å². The minimum absolute atomic E-state index is 0.0636. The molecule has 0 radical (unpaired) electrons. The van der Waals surface area contributed by atoms with Crippen molar-refractivity contribution < 1.29 is 46.1 Å². The van der Waals surface area contributed by atoms with Crippen molar-refractivity contribution in [3.63, 3.8) is 0 Å². The highest BCUT2D eigenvalue weighted by Crippen LogP contribution is 2.49. The number of aryl methyl sites for hydroxylation is 1. The maximum absolute atomic E-state index is 14.8. The number of rotatable bonds is 8. The average molecular weight is 750 g/mol. The lowest BCUT2D eigenvalue weighted by Crippen LogP contribution is -2.51. The van der Waals surface area contributed by atoms with Gasteiger partial charge >= 0.3 is 6.09 Å². The van der Waals surface area contributed by atoms with E-state index in [0.717, 1.165) is 37.7 Å². The summed E-state index contributed by atoms with van der Waals surface area (Å²) in [6, 6.07) is 13.7. The summed E-state index contributed by atoms with van der Waals surface area (Å²) < 4.78 is 66.3. The number of nitrogens with one attached hydrogen (secondary N) is 1. The van der Waals surface area contributed by atoms with Crippen molar-refractivity contribution in [3.8, 4) is 11.7 Å². The van der Waals surface area contributed by atoms with Crippen LogP contribution in [0.25, 0.3) is 22.6 Å². The Hall–Kier alpha value is -3.79. The predicted octanol–water partition coefficient (Wildman–Crippen LogP) is 5.57. The first kappa shape index (κ1) is 36.2. The highest BCUT2D eigenvalue weighted by atomic mass is 32.2. The molecule has 2 saturated heterocycles. The van der Waals surface area contributed by atoms with E-state index in [1.807, 2.05) is 30.3 Å². The normalized spacial score (nSPS) is 27.2. The lowest BCUT2D eigenvalue weighted by molar-refractivity contribution is -0.169. The zero-order valence-electron chi connectivity index (χ0n) is 29.9. The summed E-state index contributed by atoms with van der Waals surface area (Å²) in [5.41, 5.74) is 1.81. The van der Waals surface area contributed by atoms with E-state index in [1.54, 1.807) is 31.3 Å². The first-order valence-electron chi connectivity index (χ1n) is 18.7. The average Bonchev–Trinajstić information content (AvgIpc) is 3.93. The van der Waals surface area contributed by atoms with Gasteiger partial charge in [0, 0.05) is 48.4 Å². The van der Waals surface area contributed by atoms with Crippen LogP contribution in [0.15, 0.2) is 68.5 Å². The zero-order valence-corrected chi connectivity index (χ0v) is 30.7. The molecule has 1 aliphatic carbocycles. The minimum Gasteiger partial charge on any atom is -0.451 e. The second-order valence-corrected chi connectivity index (χ2v) is 16.7. The largest absolute Gasteiger partial charge is 0.451 e. The Morgan fingerprint density at radius 2 is 1.85 bits per heavy atom. The standard InChI is InChI=1S/C39H47N3O10S/c1-24-19-40-37(50-24)34-16-26-18-35-27(17-33(26)51-34)21-47-13-9-4-2-3-8-12-42(53(35,45)46)20-32(43)31(14-25-10-6-5-7-11-25)41-39(44)52-36-28-15-29-30(36)23-49-38(29)48-22-28/h5-7,10-11,16-19,28-32,36,38,43H,2-4,8-9,12-15,20-23H2,1H3,(H,41,44)/t28?,29?,30-,31+,32-,36+,38+/m1/s1. The van der Waals surface area contributed by atoms with Crippen molar-refractivity contribution in [3.05, 3.63) is 71.6 Å². The van der Waals surface area contributed by atoms with Gasteiger partial charge in [0.1, 0.15) is 17.4 Å². The SMILES string of the molecule is Cc1cnc(-c2cc3cc4c(cc3o2)COCCCCCCCN(C[C@@H](O)[C@H](Cc2ccccc2)NC(=O)O[C@H]2C3CO[C@H]5OC[C@@H]2C5C3)S4(=O)=O)o1. The number of carbonyl (C=O) groups excluding carboxylic acids is 1. The Kier molecular flexibility index (Phi) is 10.6. The van der Waals surface area contributed by atoms with Crippen LogP contribution in [-0.2, 0) is 42.0 Å².